The molecule has 1 saturated carbocycles. The molecule has 2 aromatic carbocycles. The zero-order valence-electron chi connectivity index (χ0n) is 31.2. The van der Waals surface area contributed by atoms with E-state index in [0.29, 0.717) is 49.1 Å². The number of aromatic amines is 2. The summed E-state index contributed by atoms with van der Waals surface area (Å²) in [6, 6.07) is 10.7. The second kappa shape index (κ2) is 13.6. The standard InChI is InChI=1S/C41H47FN8O5/c1-40(42)28-16-24(30-19-44-36(47-30)32-4-3-13-49(32)38(52)35(43)23-9-14-55-15-10-23)5-7-26(28)27-8-6-25(17-29(27)40)31-20-45-37(48-31)33-18-41(11-12-41)22-50(33)34(51)21-46-39(53)54-2/h5-8,16-17,19-20,23,32-33,35H,3-4,9-15,18,21-22,43H2,1-2H3,(H,44,47)(H,45,48)(H,46,53)/t32-,33-,35-,40?/m0/s1. The molecule has 5 aliphatic rings. The van der Waals surface area contributed by atoms with Crippen molar-refractivity contribution in [2.75, 3.05) is 40.0 Å². The topological polar surface area (TPSA) is 172 Å². The number of hydrogen-bond acceptors (Lipinski definition) is 8. The molecule has 55 heavy (non-hydrogen) atoms. The van der Waals surface area contributed by atoms with Gasteiger partial charge in [0.2, 0.25) is 11.8 Å². The molecule has 13 nitrogen and oxygen atoms in total. The molecule has 3 aliphatic heterocycles. The van der Waals surface area contributed by atoms with Crippen molar-refractivity contribution in [3.8, 4) is 33.6 Å². The molecule has 288 valence electrons. The number of halogens is 1. The van der Waals surface area contributed by atoms with E-state index in [1.54, 1.807) is 24.2 Å². The largest absolute Gasteiger partial charge is 0.453 e. The van der Waals surface area contributed by atoms with Crippen LogP contribution in [0.1, 0.15) is 86.7 Å². The van der Waals surface area contributed by atoms with Gasteiger partial charge in [0, 0.05) is 37.4 Å². The summed E-state index contributed by atoms with van der Waals surface area (Å²) in [7, 11) is 1.26. The van der Waals surface area contributed by atoms with Crippen LogP contribution in [0.15, 0.2) is 48.8 Å². The third-order valence-corrected chi connectivity index (χ3v) is 12.7. The molecule has 2 aromatic heterocycles. The summed E-state index contributed by atoms with van der Waals surface area (Å²) in [4.78, 5) is 58.3. The first-order valence-electron chi connectivity index (χ1n) is 19.4. The molecule has 4 aromatic rings. The Bertz CT molecular complexity index is 2150. The van der Waals surface area contributed by atoms with E-state index in [-0.39, 0.29) is 41.8 Å². The van der Waals surface area contributed by atoms with E-state index in [1.165, 1.54) is 7.11 Å². The molecule has 14 heteroatoms. The minimum atomic E-state index is -1.77. The van der Waals surface area contributed by atoms with Gasteiger partial charge in [-0.3, -0.25) is 9.59 Å². The zero-order chi connectivity index (χ0) is 38.1. The van der Waals surface area contributed by atoms with E-state index in [4.69, 9.17) is 20.4 Å². The number of imidazole rings is 2. The van der Waals surface area contributed by atoms with Crippen LogP contribution in [-0.4, -0.2) is 93.6 Å². The number of fused-ring (bicyclic) bond motifs is 3. The lowest BCUT2D eigenvalue weighted by atomic mass is 9.91. The fraction of sp³-hybridized carbons (Fsp3) is 0.488. The minimum Gasteiger partial charge on any atom is -0.453 e. The number of benzene rings is 2. The van der Waals surface area contributed by atoms with Crippen molar-refractivity contribution in [2.45, 2.75) is 75.7 Å². The lowest BCUT2D eigenvalue weighted by Gasteiger charge is -2.32. The van der Waals surface area contributed by atoms with Gasteiger partial charge in [0.05, 0.1) is 49.0 Å². The van der Waals surface area contributed by atoms with Crippen molar-refractivity contribution in [3.63, 3.8) is 0 Å². The summed E-state index contributed by atoms with van der Waals surface area (Å²) in [6.07, 6.45) is 9.03. The van der Waals surface area contributed by atoms with Crippen LogP contribution in [0.4, 0.5) is 9.18 Å². The van der Waals surface area contributed by atoms with E-state index < -0.39 is 17.8 Å². The highest BCUT2D eigenvalue weighted by atomic mass is 19.1. The minimum absolute atomic E-state index is 0.0335. The average Bonchev–Trinajstić information content (AvgIpc) is 3.80. The van der Waals surface area contributed by atoms with Crippen molar-refractivity contribution in [2.24, 2.45) is 17.1 Å². The fourth-order valence-electron chi connectivity index (χ4n) is 9.33. The predicted molar refractivity (Wildman–Crippen MR) is 201 cm³/mol. The highest BCUT2D eigenvalue weighted by Crippen LogP contribution is 2.58. The number of amides is 3. The number of carbonyl (C=O) groups excluding carboxylic acids is 3. The second-order valence-corrected chi connectivity index (χ2v) is 16.1. The normalized spacial score (nSPS) is 24.5. The van der Waals surface area contributed by atoms with Gasteiger partial charge in [-0.05, 0) is 97.6 Å². The first-order chi connectivity index (χ1) is 26.5. The Labute approximate surface area is 318 Å². The summed E-state index contributed by atoms with van der Waals surface area (Å²) in [6.45, 7) is 3.99. The van der Waals surface area contributed by atoms with Gasteiger partial charge in [-0.1, -0.05) is 24.3 Å². The number of alkyl carbamates (subject to hydrolysis) is 1. The van der Waals surface area contributed by atoms with E-state index in [9.17, 15) is 14.4 Å². The van der Waals surface area contributed by atoms with Gasteiger partial charge in [0.15, 0.2) is 5.67 Å². The molecule has 3 amide bonds. The van der Waals surface area contributed by atoms with Gasteiger partial charge in [0.25, 0.3) is 0 Å². The van der Waals surface area contributed by atoms with Crippen molar-refractivity contribution >= 4 is 17.9 Å². The zero-order valence-corrected chi connectivity index (χ0v) is 31.2. The number of likely N-dealkylation sites (tertiary alicyclic amines) is 2. The van der Waals surface area contributed by atoms with Crippen molar-refractivity contribution in [3.05, 3.63) is 71.6 Å². The number of nitrogens with one attached hydrogen (secondary N) is 3. The summed E-state index contributed by atoms with van der Waals surface area (Å²) in [5.74, 6) is 1.28. The summed E-state index contributed by atoms with van der Waals surface area (Å²) >= 11 is 0. The third-order valence-electron chi connectivity index (χ3n) is 12.7. The SMILES string of the molecule is COC(=O)NCC(=O)N1CC2(CC2)C[C@H]1c1ncc(-c2ccc3c(c2)C(C)(F)c2cc(-c4cnc([C@@H]5CCCN5C(=O)[C@@H](N)C5CCOCC5)[nH]4)ccc2-3)[nH]1. The van der Waals surface area contributed by atoms with Gasteiger partial charge in [0.1, 0.15) is 18.2 Å². The second-order valence-electron chi connectivity index (χ2n) is 16.1. The van der Waals surface area contributed by atoms with Crippen LogP contribution >= 0.6 is 0 Å². The van der Waals surface area contributed by atoms with Crippen LogP contribution in [-0.2, 0) is 24.7 Å². The molecule has 5 heterocycles. The Morgan fingerprint density at radius 1 is 0.964 bits per heavy atom. The molecule has 1 spiro atoms. The Morgan fingerprint density at radius 2 is 1.58 bits per heavy atom. The van der Waals surface area contributed by atoms with Crippen LogP contribution in [0.5, 0.6) is 0 Å². The molecule has 2 aliphatic carbocycles. The highest BCUT2D eigenvalue weighted by Gasteiger charge is 2.54. The van der Waals surface area contributed by atoms with Crippen molar-refractivity contribution in [1.82, 2.24) is 35.1 Å². The van der Waals surface area contributed by atoms with Gasteiger partial charge in [-0.2, -0.15) is 0 Å². The Morgan fingerprint density at radius 3 is 2.18 bits per heavy atom. The van der Waals surface area contributed by atoms with Gasteiger partial charge < -0.3 is 40.3 Å². The monoisotopic (exact) mass is 750 g/mol. The number of methoxy groups -OCH3 is 1. The maximum absolute atomic E-state index is 17.0. The lowest BCUT2D eigenvalue weighted by Crippen LogP contribution is -2.48. The number of nitrogens with zero attached hydrogens (tertiary/aromatic N) is 4. The van der Waals surface area contributed by atoms with Gasteiger partial charge in [-0.25, -0.2) is 19.2 Å². The van der Waals surface area contributed by atoms with Crippen molar-refractivity contribution in [1.29, 1.82) is 0 Å². The van der Waals surface area contributed by atoms with Gasteiger partial charge in [-0.15, -0.1) is 0 Å². The molecule has 3 saturated heterocycles. The van der Waals surface area contributed by atoms with Gasteiger partial charge >= 0.3 is 6.09 Å². The number of aromatic nitrogens is 4. The first kappa shape index (κ1) is 35.6. The van der Waals surface area contributed by atoms with Crippen LogP contribution in [0.25, 0.3) is 33.6 Å². The third kappa shape index (κ3) is 6.28. The van der Waals surface area contributed by atoms with E-state index in [2.05, 4.69) is 20.0 Å². The number of ether oxygens (including phenoxy) is 2. The maximum atomic E-state index is 17.0. The molecule has 0 bridgehead atoms. The van der Waals surface area contributed by atoms with Crippen LogP contribution < -0.4 is 11.1 Å². The van der Waals surface area contributed by atoms with Crippen molar-refractivity contribution < 1.29 is 28.2 Å². The van der Waals surface area contributed by atoms with E-state index >= 15 is 4.39 Å². The average molecular weight is 751 g/mol. The fourth-order valence-corrected chi connectivity index (χ4v) is 9.33. The molecule has 4 fully saturated rings. The molecule has 5 N–H and O–H groups in total. The van der Waals surface area contributed by atoms with Crippen LogP contribution in [0.2, 0.25) is 0 Å². The quantitative estimate of drug-likeness (QED) is 0.183. The molecule has 4 atom stereocenters. The molecule has 9 rings (SSSR count). The highest BCUT2D eigenvalue weighted by molar-refractivity contribution is 5.85. The summed E-state index contributed by atoms with van der Waals surface area (Å²) < 4.78 is 27.2. The molecular weight excluding hydrogens is 704 g/mol. The number of nitrogens with two attached hydrogens (primary N) is 1. The first-order valence-corrected chi connectivity index (χ1v) is 19.4. The Kier molecular flexibility index (Phi) is 8.80. The molecular formula is C41H47FN8O5. The number of H-pyrrole nitrogens is 2. The lowest BCUT2D eigenvalue weighted by molar-refractivity contribution is -0.136. The Balaban J connectivity index is 0.927. The smallest absolute Gasteiger partial charge is 0.407 e. The van der Waals surface area contributed by atoms with Crippen LogP contribution in [0, 0.1) is 11.3 Å². The van der Waals surface area contributed by atoms with E-state index in [0.717, 1.165) is 78.6 Å². The summed E-state index contributed by atoms with van der Waals surface area (Å²) in [5.41, 5.74) is 10.8. The van der Waals surface area contributed by atoms with Crippen LogP contribution in [0.3, 0.4) is 0 Å². The number of hydrogen-bond donors (Lipinski definition) is 4. The molecule has 0 radical (unpaired) electrons. The molecule has 1 unspecified atom stereocenters. The maximum Gasteiger partial charge on any atom is 0.407 e. The summed E-state index contributed by atoms with van der Waals surface area (Å²) in [5, 5.41) is 2.50. The number of alkyl halides is 1. The number of rotatable bonds is 8. The predicted octanol–water partition coefficient (Wildman–Crippen LogP) is 5.51. The number of carbonyl (C=O) groups is 3. The Hall–Kier alpha value is -5.08. The van der Waals surface area contributed by atoms with E-state index in [1.807, 2.05) is 41.3 Å².